The number of pyridine rings is 1. The fraction of sp³-hybridized carbons (Fsp3) is 0.312. The van der Waals surface area contributed by atoms with Crippen LogP contribution in [0.1, 0.15) is 12.8 Å². The number of rotatable bonds is 5. The van der Waals surface area contributed by atoms with Crippen LogP contribution in [0.5, 0.6) is 0 Å². The van der Waals surface area contributed by atoms with E-state index in [2.05, 4.69) is 10.0 Å². The van der Waals surface area contributed by atoms with Gasteiger partial charge in [-0.2, -0.15) is 0 Å². The van der Waals surface area contributed by atoms with Gasteiger partial charge in [-0.25, -0.2) is 12.8 Å². The van der Waals surface area contributed by atoms with Gasteiger partial charge in [-0.3, -0.25) is 9.52 Å². The molecule has 1 aliphatic carbocycles. The van der Waals surface area contributed by atoms with Crippen LogP contribution in [0.15, 0.2) is 34.1 Å². The Morgan fingerprint density at radius 3 is 2.69 bits per heavy atom. The fourth-order valence-electron chi connectivity index (χ4n) is 2.76. The van der Waals surface area contributed by atoms with Crippen molar-refractivity contribution in [2.75, 3.05) is 15.8 Å². The Labute approximate surface area is 167 Å². The normalized spacial score (nSPS) is 16.4. The molecule has 0 bridgehead atoms. The summed E-state index contributed by atoms with van der Waals surface area (Å²) in [7, 11) is -3.52. The molecule has 2 heterocycles. The number of thioether (sulfide) groups is 1. The molecular formula is C16H15FIN3O3S2. The second-order valence-electron chi connectivity index (χ2n) is 6.17. The Bertz CT molecular complexity index is 1050. The summed E-state index contributed by atoms with van der Waals surface area (Å²) in [6.07, 6.45) is 1.26. The third kappa shape index (κ3) is 3.46. The maximum absolute atomic E-state index is 14.2. The zero-order valence-electron chi connectivity index (χ0n) is 13.5. The fourth-order valence-corrected chi connectivity index (χ4v) is 5.80. The van der Waals surface area contributed by atoms with Crippen LogP contribution >= 0.6 is 34.4 Å². The van der Waals surface area contributed by atoms with E-state index in [1.165, 1.54) is 23.9 Å². The first-order valence-corrected chi connectivity index (χ1v) is 11.6. The largest absolute Gasteiger partial charge is 0.351 e. The molecule has 0 unspecified atom stereocenters. The van der Waals surface area contributed by atoms with Gasteiger partial charge in [0.25, 0.3) is 5.56 Å². The predicted molar refractivity (Wildman–Crippen MR) is 109 cm³/mol. The summed E-state index contributed by atoms with van der Waals surface area (Å²) in [6.45, 7) is 0.523. The number of fused-ring (bicyclic) bond motifs is 1. The van der Waals surface area contributed by atoms with Crippen LogP contribution in [-0.4, -0.2) is 24.0 Å². The van der Waals surface area contributed by atoms with Gasteiger partial charge in [-0.15, -0.1) is 11.8 Å². The monoisotopic (exact) mass is 507 g/mol. The number of sulfonamides is 1. The molecule has 1 aliphatic heterocycles. The lowest BCUT2D eigenvalue weighted by Gasteiger charge is -2.18. The standard InChI is InChI=1S/C16H15FIN3O3S2/c17-11-7-9(18)1-4-12(11)19-13-8-14(22)21-5-6-25-16(21)15(13)20-26(23,24)10-2-3-10/h1,4,7-8,10,19-20H,2-3,5-6H2. The van der Waals surface area contributed by atoms with Crippen molar-refractivity contribution in [2.45, 2.75) is 29.7 Å². The number of nitrogens with zero attached hydrogens (tertiary/aromatic N) is 1. The summed E-state index contributed by atoms with van der Waals surface area (Å²) in [4.78, 5) is 12.4. The molecule has 10 heteroatoms. The molecule has 26 heavy (non-hydrogen) atoms. The van der Waals surface area contributed by atoms with Gasteiger partial charge in [0.05, 0.1) is 16.6 Å². The van der Waals surface area contributed by atoms with Crippen molar-refractivity contribution in [2.24, 2.45) is 0 Å². The number of hydrogen-bond donors (Lipinski definition) is 2. The summed E-state index contributed by atoms with van der Waals surface area (Å²) >= 11 is 3.42. The van der Waals surface area contributed by atoms with E-state index in [0.717, 1.165) is 3.57 Å². The van der Waals surface area contributed by atoms with Gasteiger partial charge in [-0.1, -0.05) is 0 Å². The number of anilines is 3. The summed E-state index contributed by atoms with van der Waals surface area (Å²) in [5, 5.41) is 3.05. The molecule has 0 saturated heterocycles. The minimum absolute atomic E-state index is 0.185. The summed E-state index contributed by atoms with van der Waals surface area (Å²) in [5.74, 6) is 0.218. The predicted octanol–water partition coefficient (Wildman–Crippen LogP) is 3.35. The van der Waals surface area contributed by atoms with Crippen LogP contribution < -0.4 is 15.6 Å². The van der Waals surface area contributed by atoms with Crippen LogP contribution in [0.3, 0.4) is 0 Å². The van der Waals surface area contributed by atoms with Crippen LogP contribution in [0.2, 0.25) is 0 Å². The average molecular weight is 507 g/mol. The number of hydrogen-bond acceptors (Lipinski definition) is 5. The van der Waals surface area contributed by atoms with Crippen LogP contribution in [0, 0.1) is 9.39 Å². The van der Waals surface area contributed by atoms with Gasteiger partial charge in [0.1, 0.15) is 16.5 Å². The Morgan fingerprint density at radius 1 is 1.23 bits per heavy atom. The van der Waals surface area contributed by atoms with Crippen molar-refractivity contribution in [3.63, 3.8) is 0 Å². The Kier molecular flexibility index (Phi) is 4.68. The molecule has 2 N–H and O–H groups in total. The molecule has 1 saturated carbocycles. The molecule has 2 aromatic rings. The molecule has 1 aromatic carbocycles. The number of halogens is 2. The molecule has 0 radical (unpaired) electrons. The summed E-state index contributed by atoms with van der Waals surface area (Å²) in [6, 6.07) is 5.98. The number of benzene rings is 1. The Morgan fingerprint density at radius 2 is 2.00 bits per heavy atom. The smallest absolute Gasteiger partial charge is 0.253 e. The summed E-state index contributed by atoms with van der Waals surface area (Å²) in [5.41, 5.74) is 0.523. The molecule has 4 rings (SSSR count). The number of nitrogens with one attached hydrogen (secondary N) is 2. The second kappa shape index (κ2) is 6.71. The van der Waals surface area contributed by atoms with E-state index < -0.39 is 21.1 Å². The SMILES string of the molecule is O=c1cc(Nc2ccc(I)cc2F)c(NS(=O)(=O)C2CC2)c2n1CCS2. The molecule has 6 nitrogen and oxygen atoms in total. The Balaban J connectivity index is 1.80. The van der Waals surface area contributed by atoms with Crippen molar-refractivity contribution in [1.29, 1.82) is 0 Å². The van der Waals surface area contributed by atoms with Crippen LogP contribution in [-0.2, 0) is 16.6 Å². The highest BCUT2D eigenvalue weighted by Crippen LogP contribution is 2.40. The molecular weight excluding hydrogens is 492 g/mol. The minimum Gasteiger partial charge on any atom is -0.351 e. The molecule has 1 aromatic heterocycles. The van der Waals surface area contributed by atoms with Gasteiger partial charge in [0.15, 0.2) is 0 Å². The third-order valence-corrected chi connectivity index (χ3v) is 7.82. The lowest BCUT2D eigenvalue weighted by Crippen LogP contribution is -2.24. The van der Waals surface area contributed by atoms with E-state index in [-0.39, 0.29) is 16.9 Å². The third-order valence-electron chi connectivity index (χ3n) is 4.22. The van der Waals surface area contributed by atoms with E-state index in [4.69, 9.17) is 0 Å². The van der Waals surface area contributed by atoms with E-state index in [1.54, 1.807) is 16.7 Å². The van der Waals surface area contributed by atoms with E-state index in [9.17, 15) is 17.6 Å². The van der Waals surface area contributed by atoms with E-state index in [0.29, 0.717) is 35.9 Å². The zero-order valence-corrected chi connectivity index (χ0v) is 17.3. The molecule has 0 spiro atoms. The highest BCUT2D eigenvalue weighted by Gasteiger charge is 2.37. The van der Waals surface area contributed by atoms with Gasteiger partial charge in [0.2, 0.25) is 10.0 Å². The van der Waals surface area contributed by atoms with Gasteiger partial charge >= 0.3 is 0 Å². The molecule has 138 valence electrons. The maximum Gasteiger partial charge on any atom is 0.253 e. The minimum atomic E-state index is -3.52. The highest BCUT2D eigenvalue weighted by molar-refractivity contribution is 14.1. The summed E-state index contributed by atoms with van der Waals surface area (Å²) < 4.78 is 44.0. The van der Waals surface area contributed by atoms with Crippen molar-refractivity contribution < 1.29 is 12.8 Å². The number of aromatic nitrogens is 1. The van der Waals surface area contributed by atoms with E-state index in [1.807, 2.05) is 22.6 Å². The molecule has 1 fully saturated rings. The Hall–Kier alpha value is -1.27. The average Bonchev–Trinajstić information content (AvgIpc) is 3.32. The first-order chi connectivity index (χ1) is 12.3. The second-order valence-corrected chi connectivity index (χ2v) is 10.5. The van der Waals surface area contributed by atoms with Crippen LogP contribution in [0.25, 0.3) is 0 Å². The van der Waals surface area contributed by atoms with Crippen molar-refractivity contribution in [3.8, 4) is 0 Å². The van der Waals surface area contributed by atoms with Gasteiger partial charge in [0, 0.05) is 21.9 Å². The van der Waals surface area contributed by atoms with Crippen LogP contribution in [0.4, 0.5) is 21.5 Å². The topological polar surface area (TPSA) is 80.2 Å². The molecule has 0 atom stereocenters. The van der Waals surface area contributed by atoms with E-state index >= 15 is 0 Å². The van der Waals surface area contributed by atoms with Gasteiger partial charge < -0.3 is 9.88 Å². The maximum atomic E-state index is 14.2. The molecule has 2 aliphatic rings. The lowest BCUT2D eigenvalue weighted by atomic mass is 10.2. The molecule has 0 amide bonds. The van der Waals surface area contributed by atoms with Crippen molar-refractivity contribution in [1.82, 2.24) is 4.57 Å². The highest BCUT2D eigenvalue weighted by atomic mass is 127. The van der Waals surface area contributed by atoms with Gasteiger partial charge in [-0.05, 0) is 53.6 Å². The lowest BCUT2D eigenvalue weighted by molar-refractivity contribution is 0.599. The zero-order chi connectivity index (χ0) is 18.5. The quantitative estimate of drug-likeness (QED) is 0.608. The first-order valence-electron chi connectivity index (χ1n) is 7.99. The first kappa shape index (κ1) is 18.1. The van der Waals surface area contributed by atoms with Crippen molar-refractivity contribution >= 4 is 61.4 Å². The van der Waals surface area contributed by atoms with Crippen molar-refractivity contribution in [3.05, 3.63) is 44.0 Å².